The predicted molar refractivity (Wildman–Crippen MR) is 118 cm³/mol. The summed E-state index contributed by atoms with van der Waals surface area (Å²) in [6, 6.07) is 13.6. The van der Waals surface area contributed by atoms with Gasteiger partial charge in [0.1, 0.15) is 5.15 Å². The van der Waals surface area contributed by atoms with Crippen molar-refractivity contribution in [2.75, 3.05) is 31.1 Å². The predicted octanol–water partition coefficient (Wildman–Crippen LogP) is 3.11. The molecule has 4 aromatic rings. The van der Waals surface area contributed by atoms with E-state index < -0.39 is 0 Å². The molecule has 8 nitrogen and oxygen atoms in total. The van der Waals surface area contributed by atoms with E-state index in [0.29, 0.717) is 43.5 Å². The molecule has 1 aromatic carbocycles. The first-order valence-electron chi connectivity index (χ1n) is 10.0. The van der Waals surface area contributed by atoms with E-state index in [9.17, 15) is 4.79 Å². The number of carbonyl (C=O) groups is 1. The Balaban J connectivity index is 1.36. The zero-order valence-electron chi connectivity index (χ0n) is 16.9. The number of fused-ring (bicyclic) bond motifs is 1. The standard InChI is InChI=1S/C22H20ClN7O/c1-15-4-2-5-16(14-15)18-7-9-25-21-26-22(27-30(18)21)29-12-10-28(11-13-29)20(31)17-6-3-8-24-19(17)23/h2-9,14H,10-13H2,1H3. The molecule has 0 bridgehead atoms. The van der Waals surface area contributed by atoms with Crippen LogP contribution in [0.1, 0.15) is 15.9 Å². The molecule has 3 aromatic heterocycles. The lowest BCUT2D eigenvalue weighted by Crippen LogP contribution is -2.49. The van der Waals surface area contributed by atoms with Gasteiger partial charge in [-0.2, -0.15) is 9.50 Å². The Morgan fingerprint density at radius 1 is 1.00 bits per heavy atom. The lowest BCUT2D eigenvalue weighted by molar-refractivity contribution is 0.0746. The van der Waals surface area contributed by atoms with Crippen LogP contribution in [0.15, 0.2) is 54.9 Å². The van der Waals surface area contributed by atoms with E-state index in [4.69, 9.17) is 16.7 Å². The van der Waals surface area contributed by atoms with Gasteiger partial charge in [0.15, 0.2) is 0 Å². The number of aryl methyl sites for hydroxylation is 1. The summed E-state index contributed by atoms with van der Waals surface area (Å²) in [5.41, 5.74) is 3.60. The molecule has 0 N–H and O–H groups in total. The van der Waals surface area contributed by atoms with Gasteiger partial charge in [-0.3, -0.25) is 4.79 Å². The van der Waals surface area contributed by atoms with Crippen molar-refractivity contribution in [3.8, 4) is 11.3 Å². The van der Waals surface area contributed by atoms with Crippen LogP contribution in [0.25, 0.3) is 17.0 Å². The van der Waals surface area contributed by atoms with Crippen molar-refractivity contribution in [2.45, 2.75) is 6.92 Å². The van der Waals surface area contributed by atoms with Crippen LogP contribution in [0.2, 0.25) is 5.15 Å². The first kappa shape index (κ1) is 19.4. The first-order chi connectivity index (χ1) is 15.1. The number of piperazine rings is 1. The summed E-state index contributed by atoms with van der Waals surface area (Å²) in [6.07, 6.45) is 3.32. The van der Waals surface area contributed by atoms with Crippen LogP contribution in [0, 0.1) is 6.92 Å². The Labute approximate surface area is 184 Å². The van der Waals surface area contributed by atoms with Gasteiger partial charge in [-0.1, -0.05) is 35.4 Å². The highest BCUT2D eigenvalue weighted by Gasteiger charge is 2.26. The lowest BCUT2D eigenvalue weighted by atomic mass is 10.1. The molecule has 1 fully saturated rings. The molecule has 5 rings (SSSR count). The maximum Gasteiger partial charge on any atom is 0.257 e. The minimum absolute atomic E-state index is 0.107. The van der Waals surface area contributed by atoms with E-state index in [1.165, 1.54) is 5.56 Å². The number of amides is 1. The molecule has 1 saturated heterocycles. The highest BCUT2D eigenvalue weighted by Crippen LogP contribution is 2.22. The zero-order valence-corrected chi connectivity index (χ0v) is 17.7. The SMILES string of the molecule is Cc1cccc(-c2ccnc3nc(N4CCN(C(=O)c5cccnc5Cl)CC4)nn23)c1. The second-order valence-electron chi connectivity index (χ2n) is 7.44. The lowest BCUT2D eigenvalue weighted by Gasteiger charge is -2.34. The van der Waals surface area contributed by atoms with Gasteiger partial charge in [-0.05, 0) is 31.2 Å². The smallest absolute Gasteiger partial charge is 0.257 e. The topological polar surface area (TPSA) is 79.5 Å². The van der Waals surface area contributed by atoms with Crippen molar-refractivity contribution < 1.29 is 4.79 Å². The van der Waals surface area contributed by atoms with E-state index >= 15 is 0 Å². The summed E-state index contributed by atoms with van der Waals surface area (Å²) >= 11 is 6.08. The van der Waals surface area contributed by atoms with Crippen LogP contribution >= 0.6 is 11.6 Å². The molecule has 0 unspecified atom stereocenters. The molecular weight excluding hydrogens is 414 g/mol. The van der Waals surface area contributed by atoms with Crippen LogP contribution in [0.4, 0.5) is 5.95 Å². The van der Waals surface area contributed by atoms with Crippen LogP contribution < -0.4 is 4.90 Å². The van der Waals surface area contributed by atoms with E-state index in [1.54, 1.807) is 33.9 Å². The number of pyridine rings is 1. The molecule has 0 aliphatic carbocycles. The number of carbonyl (C=O) groups excluding carboxylic acids is 1. The van der Waals surface area contributed by atoms with Crippen LogP contribution in [0.3, 0.4) is 0 Å². The Hall–Kier alpha value is -3.52. The van der Waals surface area contributed by atoms with E-state index in [1.807, 2.05) is 12.1 Å². The number of aromatic nitrogens is 5. The number of rotatable bonds is 3. The maximum atomic E-state index is 12.8. The fraction of sp³-hybridized carbons (Fsp3) is 0.227. The molecule has 1 aliphatic rings. The fourth-order valence-electron chi connectivity index (χ4n) is 3.77. The molecule has 31 heavy (non-hydrogen) atoms. The maximum absolute atomic E-state index is 12.8. The fourth-order valence-corrected chi connectivity index (χ4v) is 3.97. The van der Waals surface area contributed by atoms with Crippen molar-refractivity contribution in [3.05, 3.63) is 71.1 Å². The summed E-state index contributed by atoms with van der Waals surface area (Å²) in [6.45, 7) is 4.42. The molecule has 0 spiro atoms. The molecule has 156 valence electrons. The van der Waals surface area contributed by atoms with Crippen molar-refractivity contribution >= 4 is 29.2 Å². The number of benzene rings is 1. The molecule has 1 amide bonds. The highest BCUT2D eigenvalue weighted by molar-refractivity contribution is 6.32. The molecule has 1 aliphatic heterocycles. The minimum Gasteiger partial charge on any atom is -0.336 e. The largest absolute Gasteiger partial charge is 0.336 e. The molecule has 9 heteroatoms. The van der Waals surface area contributed by atoms with Gasteiger partial charge in [0.25, 0.3) is 11.7 Å². The van der Waals surface area contributed by atoms with Crippen LogP contribution in [-0.2, 0) is 0 Å². The van der Waals surface area contributed by atoms with Gasteiger partial charge in [0, 0.05) is 44.1 Å². The molecular formula is C22H20ClN7O. The quantitative estimate of drug-likeness (QED) is 0.462. The monoisotopic (exact) mass is 433 g/mol. The van der Waals surface area contributed by atoms with Gasteiger partial charge >= 0.3 is 0 Å². The van der Waals surface area contributed by atoms with Gasteiger partial charge in [-0.25, -0.2) is 9.97 Å². The normalized spacial score (nSPS) is 14.3. The van der Waals surface area contributed by atoms with Crippen molar-refractivity contribution in [1.82, 2.24) is 29.5 Å². The van der Waals surface area contributed by atoms with Gasteiger partial charge < -0.3 is 9.80 Å². The average molecular weight is 434 g/mol. The second kappa shape index (κ2) is 7.96. The second-order valence-corrected chi connectivity index (χ2v) is 7.80. The third kappa shape index (κ3) is 3.70. The third-order valence-electron chi connectivity index (χ3n) is 5.38. The minimum atomic E-state index is -0.107. The first-order valence-corrected chi connectivity index (χ1v) is 10.4. The summed E-state index contributed by atoms with van der Waals surface area (Å²) in [5.74, 6) is 1.05. The van der Waals surface area contributed by atoms with E-state index in [-0.39, 0.29) is 11.1 Å². The zero-order chi connectivity index (χ0) is 21.4. The summed E-state index contributed by atoms with van der Waals surface area (Å²) in [5, 5.41) is 4.95. The molecule has 0 atom stereocenters. The number of nitrogens with zero attached hydrogens (tertiary/aromatic N) is 7. The summed E-state index contributed by atoms with van der Waals surface area (Å²) < 4.78 is 1.77. The molecule has 4 heterocycles. The number of halogens is 1. The van der Waals surface area contributed by atoms with Gasteiger partial charge in [0.05, 0.1) is 11.3 Å². The van der Waals surface area contributed by atoms with E-state index in [0.717, 1.165) is 11.3 Å². The summed E-state index contributed by atoms with van der Waals surface area (Å²) in [4.78, 5) is 29.6. The van der Waals surface area contributed by atoms with Gasteiger partial charge in [-0.15, -0.1) is 5.10 Å². The van der Waals surface area contributed by atoms with Crippen LogP contribution in [-0.4, -0.2) is 61.6 Å². The molecule has 0 radical (unpaired) electrons. The van der Waals surface area contributed by atoms with Gasteiger partial charge in [0.2, 0.25) is 5.95 Å². The Bertz CT molecular complexity index is 1260. The number of anilines is 1. The molecule has 0 saturated carbocycles. The Kier molecular flexibility index (Phi) is 4.99. The Morgan fingerprint density at radius 2 is 1.84 bits per heavy atom. The highest BCUT2D eigenvalue weighted by atomic mass is 35.5. The van der Waals surface area contributed by atoms with E-state index in [2.05, 4.69) is 45.0 Å². The number of hydrogen-bond donors (Lipinski definition) is 0. The third-order valence-corrected chi connectivity index (χ3v) is 5.68. The van der Waals surface area contributed by atoms with Crippen molar-refractivity contribution in [1.29, 1.82) is 0 Å². The Morgan fingerprint density at radius 3 is 2.61 bits per heavy atom. The van der Waals surface area contributed by atoms with Crippen LogP contribution in [0.5, 0.6) is 0 Å². The van der Waals surface area contributed by atoms with Crippen molar-refractivity contribution in [2.24, 2.45) is 0 Å². The average Bonchev–Trinajstić information content (AvgIpc) is 3.23. The summed E-state index contributed by atoms with van der Waals surface area (Å²) in [7, 11) is 0. The van der Waals surface area contributed by atoms with Crippen molar-refractivity contribution in [3.63, 3.8) is 0 Å². The number of hydrogen-bond acceptors (Lipinski definition) is 6.